The van der Waals surface area contributed by atoms with Crippen molar-refractivity contribution in [3.05, 3.63) is 18.0 Å². The van der Waals surface area contributed by atoms with Crippen molar-refractivity contribution in [2.75, 3.05) is 13.2 Å². The molecular weight excluding hydrogens is 180 g/mol. The topological polar surface area (TPSA) is 47.3 Å². The average molecular weight is 198 g/mol. The molecule has 4 nitrogen and oxygen atoms in total. The van der Waals surface area contributed by atoms with Crippen LogP contribution in [0.3, 0.4) is 0 Å². The summed E-state index contributed by atoms with van der Waals surface area (Å²) in [7, 11) is 1.88. The molecule has 0 aliphatic heterocycles. The normalized spacial score (nSPS) is 12.0. The van der Waals surface area contributed by atoms with Crippen molar-refractivity contribution in [3.8, 4) is 0 Å². The minimum Gasteiger partial charge on any atom is -0.396 e. The Morgan fingerprint density at radius 1 is 1.57 bits per heavy atom. The number of hydrogen-bond donors (Lipinski definition) is 1. The fourth-order valence-electron chi connectivity index (χ4n) is 1.04. The number of aliphatic hydroxyl groups is 1. The van der Waals surface area contributed by atoms with E-state index >= 15 is 0 Å². The van der Waals surface area contributed by atoms with Crippen molar-refractivity contribution in [2.45, 2.75) is 20.5 Å². The monoisotopic (exact) mass is 198 g/mol. The highest BCUT2D eigenvalue weighted by molar-refractivity contribution is 5.01. The summed E-state index contributed by atoms with van der Waals surface area (Å²) in [5.74, 6) is 0. The van der Waals surface area contributed by atoms with Crippen LogP contribution in [0.4, 0.5) is 0 Å². The molecule has 0 fully saturated rings. The van der Waals surface area contributed by atoms with Crippen LogP contribution in [0.2, 0.25) is 0 Å². The predicted molar refractivity (Wildman–Crippen MR) is 53.7 cm³/mol. The maximum Gasteiger partial charge on any atom is 0.0747 e. The minimum atomic E-state index is -0.164. The van der Waals surface area contributed by atoms with Crippen LogP contribution in [0.25, 0.3) is 0 Å². The molecule has 1 N–H and O–H groups in total. The Labute approximate surface area is 84.5 Å². The van der Waals surface area contributed by atoms with Crippen LogP contribution in [-0.2, 0) is 18.4 Å². The summed E-state index contributed by atoms with van der Waals surface area (Å²) in [4.78, 5) is 0. The van der Waals surface area contributed by atoms with Crippen molar-refractivity contribution in [1.82, 2.24) is 9.78 Å². The molecule has 0 aliphatic carbocycles. The quantitative estimate of drug-likeness (QED) is 0.766. The van der Waals surface area contributed by atoms with E-state index in [1.165, 1.54) is 0 Å². The second-order valence-electron chi connectivity index (χ2n) is 4.34. The SMILES string of the molecule is Cn1cc(COCC(C)(C)CO)cn1. The fourth-order valence-corrected chi connectivity index (χ4v) is 1.04. The number of aromatic nitrogens is 2. The van der Waals surface area contributed by atoms with Crippen molar-refractivity contribution < 1.29 is 9.84 Å². The van der Waals surface area contributed by atoms with Gasteiger partial charge in [-0.05, 0) is 0 Å². The van der Waals surface area contributed by atoms with E-state index in [-0.39, 0.29) is 12.0 Å². The van der Waals surface area contributed by atoms with Gasteiger partial charge in [-0.3, -0.25) is 4.68 Å². The van der Waals surface area contributed by atoms with Crippen LogP contribution in [0, 0.1) is 5.41 Å². The van der Waals surface area contributed by atoms with E-state index in [2.05, 4.69) is 5.10 Å². The molecule has 0 atom stereocenters. The molecule has 1 aromatic heterocycles. The third kappa shape index (κ3) is 3.47. The predicted octanol–water partition coefficient (Wildman–Crippen LogP) is 0.955. The molecule has 0 aliphatic rings. The first-order valence-corrected chi connectivity index (χ1v) is 4.70. The smallest absolute Gasteiger partial charge is 0.0747 e. The first kappa shape index (κ1) is 11.2. The lowest BCUT2D eigenvalue weighted by Crippen LogP contribution is -2.23. The van der Waals surface area contributed by atoms with Crippen molar-refractivity contribution in [2.24, 2.45) is 12.5 Å². The van der Waals surface area contributed by atoms with Crippen molar-refractivity contribution >= 4 is 0 Å². The third-order valence-corrected chi connectivity index (χ3v) is 1.95. The van der Waals surface area contributed by atoms with E-state index in [0.717, 1.165) is 5.56 Å². The molecule has 0 saturated carbocycles. The van der Waals surface area contributed by atoms with E-state index in [1.54, 1.807) is 10.9 Å². The number of nitrogens with zero attached hydrogens (tertiary/aromatic N) is 2. The van der Waals surface area contributed by atoms with Crippen LogP contribution in [0.5, 0.6) is 0 Å². The van der Waals surface area contributed by atoms with E-state index in [4.69, 9.17) is 9.84 Å². The van der Waals surface area contributed by atoms with Gasteiger partial charge in [-0.25, -0.2) is 0 Å². The summed E-state index contributed by atoms with van der Waals surface area (Å²) < 4.78 is 7.22. The molecule has 0 spiro atoms. The van der Waals surface area contributed by atoms with Gasteiger partial charge in [0, 0.05) is 24.2 Å². The number of ether oxygens (including phenoxy) is 1. The Balaban J connectivity index is 2.28. The summed E-state index contributed by atoms with van der Waals surface area (Å²) in [6.07, 6.45) is 3.71. The molecular formula is C10H18N2O2. The van der Waals surface area contributed by atoms with E-state index in [9.17, 15) is 0 Å². The van der Waals surface area contributed by atoms with Crippen molar-refractivity contribution in [3.63, 3.8) is 0 Å². The van der Waals surface area contributed by atoms with Crippen LogP contribution in [-0.4, -0.2) is 28.1 Å². The van der Waals surface area contributed by atoms with Gasteiger partial charge < -0.3 is 9.84 Å². The van der Waals surface area contributed by atoms with Gasteiger partial charge in [-0.1, -0.05) is 13.8 Å². The van der Waals surface area contributed by atoms with Gasteiger partial charge in [0.1, 0.15) is 0 Å². The fraction of sp³-hybridized carbons (Fsp3) is 0.700. The molecule has 1 rings (SSSR count). The van der Waals surface area contributed by atoms with Crippen LogP contribution >= 0.6 is 0 Å². The molecule has 80 valence electrons. The lowest BCUT2D eigenvalue weighted by Gasteiger charge is -2.20. The van der Waals surface area contributed by atoms with Crippen molar-refractivity contribution in [1.29, 1.82) is 0 Å². The van der Waals surface area contributed by atoms with Gasteiger partial charge in [0.25, 0.3) is 0 Å². The van der Waals surface area contributed by atoms with Gasteiger partial charge in [0.2, 0.25) is 0 Å². The lowest BCUT2D eigenvalue weighted by molar-refractivity contribution is 0.0197. The van der Waals surface area contributed by atoms with Gasteiger partial charge in [0.05, 0.1) is 26.0 Å². The van der Waals surface area contributed by atoms with Crippen LogP contribution < -0.4 is 0 Å². The Bertz CT molecular complexity index is 281. The molecule has 1 heterocycles. The third-order valence-electron chi connectivity index (χ3n) is 1.95. The Hall–Kier alpha value is -0.870. The molecule has 0 amide bonds. The summed E-state index contributed by atoms with van der Waals surface area (Å²) >= 11 is 0. The van der Waals surface area contributed by atoms with E-state index < -0.39 is 0 Å². The Morgan fingerprint density at radius 3 is 2.79 bits per heavy atom. The first-order valence-electron chi connectivity index (χ1n) is 4.70. The summed E-state index contributed by atoms with van der Waals surface area (Å²) in [6.45, 7) is 5.18. The highest BCUT2D eigenvalue weighted by atomic mass is 16.5. The Morgan fingerprint density at radius 2 is 2.29 bits per heavy atom. The molecule has 0 aromatic carbocycles. The Kier molecular flexibility index (Phi) is 3.66. The second-order valence-corrected chi connectivity index (χ2v) is 4.34. The highest BCUT2D eigenvalue weighted by Crippen LogP contribution is 2.14. The zero-order chi connectivity index (χ0) is 10.6. The lowest BCUT2D eigenvalue weighted by atomic mass is 9.97. The second kappa shape index (κ2) is 4.57. The number of aryl methyl sites for hydroxylation is 1. The van der Waals surface area contributed by atoms with Gasteiger partial charge in [-0.2, -0.15) is 5.10 Å². The average Bonchev–Trinajstić information content (AvgIpc) is 2.51. The zero-order valence-corrected chi connectivity index (χ0v) is 9.03. The van der Waals surface area contributed by atoms with E-state index in [0.29, 0.717) is 13.2 Å². The number of hydrogen-bond acceptors (Lipinski definition) is 3. The maximum absolute atomic E-state index is 9.00. The highest BCUT2D eigenvalue weighted by Gasteiger charge is 2.16. The molecule has 0 unspecified atom stereocenters. The molecule has 1 aromatic rings. The maximum atomic E-state index is 9.00. The summed E-state index contributed by atoms with van der Waals surface area (Å²) in [5.41, 5.74) is 0.892. The van der Waals surface area contributed by atoms with Crippen LogP contribution in [0.15, 0.2) is 12.4 Å². The van der Waals surface area contributed by atoms with Gasteiger partial charge in [0.15, 0.2) is 0 Å². The minimum absolute atomic E-state index is 0.139. The van der Waals surface area contributed by atoms with Gasteiger partial charge in [-0.15, -0.1) is 0 Å². The van der Waals surface area contributed by atoms with Crippen LogP contribution in [0.1, 0.15) is 19.4 Å². The summed E-state index contributed by atoms with van der Waals surface area (Å²) in [5, 5.41) is 13.0. The molecule has 0 radical (unpaired) electrons. The zero-order valence-electron chi connectivity index (χ0n) is 9.03. The standard InChI is InChI=1S/C10H18N2O2/c1-10(2,7-13)8-14-6-9-4-11-12(3)5-9/h4-5,13H,6-8H2,1-3H3. The van der Waals surface area contributed by atoms with Gasteiger partial charge >= 0.3 is 0 Å². The largest absolute Gasteiger partial charge is 0.396 e. The number of rotatable bonds is 5. The number of aliphatic hydroxyl groups excluding tert-OH is 1. The molecule has 0 bridgehead atoms. The first-order chi connectivity index (χ1) is 6.53. The van der Waals surface area contributed by atoms with E-state index in [1.807, 2.05) is 27.1 Å². The molecule has 14 heavy (non-hydrogen) atoms. The molecule has 4 heteroatoms. The summed E-state index contributed by atoms with van der Waals surface area (Å²) in [6, 6.07) is 0. The molecule has 0 saturated heterocycles.